The molecule has 1 aliphatic carbocycles. The summed E-state index contributed by atoms with van der Waals surface area (Å²) < 4.78 is 40.6. The smallest absolute Gasteiger partial charge is 0.362 e. The molecule has 10 heteroatoms. The first-order valence-electron chi connectivity index (χ1n) is 16.4. The molecule has 0 bridgehead atoms. The molecule has 1 aromatic heterocycles. The van der Waals surface area contributed by atoms with Crippen LogP contribution in [0.5, 0.6) is 0 Å². The summed E-state index contributed by atoms with van der Waals surface area (Å²) in [7, 11) is -4.31. The van der Waals surface area contributed by atoms with Crippen molar-refractivity contribution in [3.63, 3.8) is 0 Å². The summed E-state index contributed by atoms with van der Waals surface area (Å²) in [5.74, 6) is -0.450. The van der Waals surface area contributed by atoms with Gasteiger partial charge in [-0.1, -0.05) is 70.4 Å². The summed E-state index contributed by atoms with van der Waals surface area (Å²) in [4.78, 5) is 29.4. The molecule has 9 nitrogen and oxygen atoms in total. The summed E-state index contributed by atoms with van der Waals surface area (Å²) in [5.41, 5.74) is 5.62. The first-order valence-corrected chi connectivity index (χ1v) is 17.8. The first-order chi connectivity index (χ1) is 21.8. The standard InChI is InChI=1S/C36H45N3O6S/c1-23-19-38(20-24(2)45-23)35(41)28-17-26-13-9-10-14-29(26)33-32(25-11-7-6-8-12-25)30-16-15-27(18-31(30)39(33)21-28)34(40)37-46(42,43)44-22-36(3,4)5/h9-10,13-18,23-25H,6-8,11-12,19-22H2,1-5H3,(H,37,40)/t23-,24+. The summed E-state index contributed by atoms with van der Waals surface area (Å²) >= 11 is 0. The zero-order valence-electron chi connectivity index (χ0n) is 27.5. The number of nitrogens with zero attached hydrogens (tertiary/aromatic N) is 2. The molecule has 46 heavy (non-hydrogen) atoms. The van der Waals surface area contributed by atoms with Gasteiger partial charge >= 0.3 is 10.3 Å². The summed E-state index contributed by atoms with van der Waals surface area (Å²) in [5, 5.41) is 1.03. The van der Waals surface area contributed by atoms with Crippen LogP contribution >= 0.6 is 0 Å². The van der Waals surface area contributed by atoms with Gasteiger partial charge in [0.15, 0.2) is 0 Å². The van der Waals surface area contributed by atoms with E-state index in [1.807, 2.05) is 63.8 Å². The molecule has 1 saturated heterocycles. The van der Waals surface area contributed by atoms with E-state index in [1.54, 1.807) is 12.1 Å². The number of rotatable bonds is 6. The van der Waals surface area contributed by atoms with Crippen molar-refractivity contribution in [2.75, 3.05) is 19.7 Å². The third-order valence-corrected chi connectivity index (χ3v) is 9.96. The van der Waals surface area contributed by atoms with Gasteiger partial charge in [0.1, 0.15) is 0 Å². The largest absolute Gasteiger partial charge is 0.372 e. The van der Waals surface area contributed by atoms with Gasteiger partial charge in [0.25, 0.3) is 11.8 Å². The predicted octanol–water partition coefficient (Wildman–Crippen LogP) is 6.43. The number of ether oxygens (including phenoxy) is 1. The van der Waals surface area contributed by atoms with E-state index >= 15 is 0 Å². The number of hydrogen-bond donors (Lipinski definition) is 1. The van der Waals surface area contributed by atoms with Crippen LogP contribution in [-0.4, -0.2) is 61.6 Å². The molecule has 2 amide bonds. The Morgan fingerprint density at radius 2 is 1.70 bits per heavy atom. The number of fused-ring (bicyclic) bond motifs is 5. The maximum absolute atomic E-state index is 14.2. The van der Waals surface area contributed by atoms with E-state index in [4.69, 9.17) is 8.92 Å². The molecule has 2 aliphatic heterocycles. The maximum atomic E-state index is 14.2. The first kappa shape index (κ1) is 32.5. The second-order valence-corrected chi connectivity index (χ2v) is 15.7. The number of benzene rings is 2. The zero-order valence-corrected chi connectivity index (χ0v) is 28.3. The Hall–Kier alpha value is -3.47. The molecule has 2 fully saturated rings. The summed E-state index contributed by atoms with van der Waals surface area (Å²) in [6.07, 6.45) is 7.57. The number of morpholine rings is 1. The van der Waals surface area contributed by atoms with Crippen LogP contribution in [0.2, 0.25) is 0 Å². The van der Waals surface area contributed by atoms with Crippen molar-refractivity contribution in [1.82, 2.24) is 14.2 Å². The van der Waals surface area contributed by atoms with E-state index in [0.29, 0.717) is 31.1 Å². The van der Waals surface area contributed by atoms with Crippen molar-refractivity contribution in [3.05, 3.63) is 64.7 Å². The lowest BCUT2D eigenvalue weighted by Gasteiger charge is -2.35. The van der Waals surface area contributed by atoms with Crippen LogP contribution in [0, 0.1) is 5.41 Å². The van der Waals surface area contributed by atoms with Gasteiger partial charge in [-0.15, -0.1) is 0 Å². The van der Waals surface area contributed by atoms with E-state index in [0.717, 1.165) is 53.4 Å². The van der Waals surface area contributed by atoms with Crippen LogP contribution in [0.3, 0.4) is 0 Å². The lowest BCUT2D eigenvalue weighted by Crippen LogP contribution is -2.48. The normalized spacial score (nSPS) is 20.9. The fourth-order valence-corrected chi connectivity index (χ4v) is 8.06. The molecular formula is C36H45N3O6S. The molecular weight excluding hydrogens is 602 g/mol. The van der Waals surface area contributed by atoms with Crippen molar-refractivity contribution in [2.45, 2.75) is 91.4 Å². The zero-order chi connectivity index (χ0) is 32.8. The molecule has 3 aromatic rings. The highest BCUT2D eigenvalue weighted by atomic mass is 32.2. The Bertz CT molecular complexity index is 1790. The van der Waals surface area contributed by atoms with Gasteiger partial charge in [0.05, 0.1) is 31.1 Å². The highest BCUT2D eigenvalue weighted by Gasteiger charge is 2.33. The van der Waals surface area contributed by atoms with Gasteiger partial charge in [-0.25, -0.2) is 4.72 Å². The van der Waals surface area contributed by atoms with Gasteiger partial charge < -0.3 is 14.2 Å². The summed E-state index contributed by atoms with van der Waals surface area (Å²) in [6.45, 7) is 10.8. The molecule has 2 atom stereocenters. The predicted molar refractivity (Wildman–Crippen MR) is 180 cm³/mol. The molecule has 0 spiro atoms. The van der Waals surface area contributed by atoms with Gasteiger partial charge in [-0.2, -0.15) is 8.42 Å². The van der Waals surface area contributed by atoms with Gasteiger partial charge in [-0.05, 0) is 67.4 Å². The second kappa shape index (κ2) is 12.6. The molecule has 0 unspecified atom stereocenters. The minimum absolute atomic E-state index is 0.0262. The quantitative estimate of drug-likeness (QED) is 0.331. The van der Waals surface area contributed by atoms with E-state index in [-0.39, 0.29) is 30.3 Å². The monoisotopic (exact) mass is 647 g/mol. The van der Waals surface area contributed by atoms with Crippen LogP contribution in [0.15, 0.2) is 48.0 Å². The van der Waals surface area contributed by atoms with Gasteiger partial charge in [0, 0.05) is 40.7 Å². The Morgan fingerprint density at radius 1 is 1.00 bits per heavy atom. The van der Waals surface area contributed by atoms with Crippen molar-refractivity contribution in [3.8, 4) is 11.3 Å². The van der Waals surface area contributed by atoms with Crippen LogP contribution in [-0.2, 0) is 30.6 Å². The highest BCUT2D eigenvalue weighted by Crippen LogP contribution is 2.46. The van der Waals surface area contributed by atoms with Crippen LogP contribution in [0.1, 0.15) is 94.1 Å². The molecule has 3 aliphatic rings. The van der Waals surface area contributed by atoms with Crippen LogP contribution < -0.4 is 4.72 Å². The molecule has 6 rings (SSSR count). The van der Waals surface area contributed by atoms with E-state index in [2.05, 4.69) is 21.4 Å². The fraction of sp³-hybridized carbons (Fsp3) is 0.500. The highest BCUT2D eigenvalue weighted by molar-refractivity contribution is 7.85. The minimum Gasteiger partial charge on any atom is -0.372 e. The third kappa shape index (κ3) is 6.80. The number of nitrogens with one attached hydrogen (secondary N) is 1. The number of aromatic nitrogens is 1. The summed E-state index contributed by atoms with van der Waals surface area (Å²) in [6, 6.07) is 13.6. The number of carbonyl (C=O) groups is 2. The lowest BCUT2D eigenvalue weighted by molar-refractivity contribution is -0.139. The fourth-order valence-electron chi connectivity index (χ4n) is 7.15. The van der Waals surface area contributed by atoms with E-state index in [9.17, 15) is 18.0 Å². The van der Waals surface area contributed by atoms with E-state index in [1.165, 1.54) is 12.0 Å². The van der Waals surface area contributed by atoms with Crippen LogP contribution in [0.25, 0.3) is 28.2 Å². The second-order valence-electron chi connectivity index (χ2n) is 14.3. The number of hydrogen-bond acceptors (Lipinski definition) is 6. The number of carbonyl (C=O) groups excluding carboxylic acids is 2. The Morgan fingerprint density at radius 3 is 2.39 bits per heavy atom. The molecule has 0 radical (unpaired) electrons. The third-order valence-electron chi connectivity index (χ3n) is 9.10. The average Bonchev–Trinajstić information content (AvgIpc) is 3.21. The SMILES string of the molecule is C[C@@H]1CN(C(=O)C2=Cc3ccccc3-c3c(C4CCCCC4)c4ccc(C(=O)NS(=O)(=O)OCC(C)(C)C)cc4n3C2)C[C@H](C)O1. The Labute approximate surface area is 272 Å². The molecule has 246 valence electrons. The van der Waals surface area contributed by atoms with Crippen molar-refractivity contribution in [2.24, 2.45) is 5.41 Å². The Kier molecular flexibility index (Phi) is 8.91. The van der Waals surface area contributed by atoms with Crippen molar-refractivity contribution >= 4 is 39.1 Å². The maximum Gasteiger partial charge on any atom is 0.362 e. The number of amides is 2. The molecule has 3 heterocycles. The Balaban J connectivity index is 1.46. The van der Waals surface area contributed by atoms with Gasteiger partial charge in [-0.3, -0.25) is 13.8 Å². The van der Waals surface area contributed by atoms with Crippen LogP contribution in [0.4, 0.5) is 0 Å². The van der Waals surface area contributed by atoms with Crippen molar-refractivity contribution in [1.29, 1.82) is 0 Å². The topological polar surface area (TPSA) is 107 Å². The lowest BCUT2D eigenvalue weighted by atomic mass is 9.81. The molecule has 1 N–H and O–H groups in total. The molecule has 1 saturated carbocycles. The van der Waals surface area contributed by atoms with Gasteiger partial charge in [0.2, 0.25) is 0 Å². The minimum atomic E-state index is -4.31. The van der Waals surface area contributed by atoms with E-state index < -0.39 is 21.6 Å². The average molecular weight is 648 g/mol. The van der Waals surface area contributed by atoms with Crippen molar-refractivity contribution < 1.29 is 26.9 Å². The molecule has 2 aromatic carbocycles.